The molecule has 0 saturated heterocycles. The Bertz CT molecular complexity index is 222. The highest BCUT2D eigenvalue weighted by molar-refractivity contribution is 7.81. The van der Waals surface area contributed by atoms with Crippen molar-refractivity contribution in [2.75, 3.05) is 5.75 Å². The van der Waals surface area contributed by atoms with Gasteiger partial charge >= 0.3 is 0 Å². The number of hydrogen-bond donors (Lipinski definition) is 2. The molecule has 1 N–H and O–H groups in total. The molecule has 0 bridgehead atoms. The number of nitrogens with zero attached hydrogens (tertiary/aromatic N) is 1. The first-order chi connectivity index (χ1) is 5.33. The van der Waals surface area contributed by atoms with Gasteiger partial charge in [0.2, 0.25) is 5.91 Å². The average Bonchev–Trinajstić information content (AvgIpc) is 2.52. The van der Waals surface area contributed by atoms with E-state index in [9.17, 15) is 4.79 Å². The van der Waals surface area contributed by atoms with Crippen LogP contribution in [0.1, 0.15) is 5.76 Å². The van der Waals surface area contributed by atoms with E-state index in [0.717, 1.165) is 0 Å². The first-order valence-corrected chi connectivity index (χ1v) is 3.73. The third-order valence-electron chi connectivity index (χ3n) is 1.09. The van der Waals surface area contributed by atoms with Crippen molar-refractivity contribution in [3.05, 3.63) is 18.0 Å². The van der Waals surface area contributed by atoms with Gasteiger partial charge in [-0.25, -0.2) is 0 Å². The molecule has 0 spiro atoms. The van der Waals surface area contributed by atoms with Gasteiger partial charge in [0, 0.05) is 6.07 Å². The van der Waals surface area contributed by atoms with Crippen molar-refractivity contribution in [3.8, 4) is 0 Å². The largest absolute Gasteiger partial charge is 0.360 e. The van der Waals surface area contributed by atoms with Crippen LogP contribution in [0.3, 0.4) is 0 Å². The summed E-state index contributed by atoms with van der Waals surface area (Å²) < 4.78 is 4.74. The Balaban J connectivity index is 2.29. The van der Waals surface area contributed by atoms with E-state index in [1.165, 1.54) is 6.20 Å². The molecular formula is C6H8N2O2S. The summed E-state index contributed by atoms with van der Waals surface area (Å²) in [5.74, 6) is 0.707. The SMILES string of the molecule is O=C(CS)NCc1ccno1. The molecule has 0 atom stereocenters. The summed E-state index contributed by atoms with van der Waals surface area (Å²) in [6.45, 7) is 0.374. The Morgan fingerprint density at radius 1 is 1.82 bits per heavy atom. The van der Waals surface area contributed by atoms with Crippen molar-refractivity contribution >= 4 is 18.5 Å². The summed E-state index contributed by atoms with van der Waals surface area (Å²) in [6, 6.07) is 1.69. The molecular weight excluding hydrogens is 164 g/mol. The second-order valence-corrected chi connectivity index (χ2v) is 2.23. The lowest BCUT2D eigenvalue weighted by molar-refractivity contribution is -0.118. The summed E-state index contributed by atoms with van der Waals surface area (Å²) in [4.78, 5) is 10.7. The van der Waals surface area contributed by atoms with Gasteiger partial charge in [-0.2, -0.15) is 12.6 Å². The lowest BCUT2D eigenvalue weighted by atomic mass is 10.4. The van der Waals surface area contributed by atoms with Gasteiger partial charge in [0.1, 0.15) is 0 Å². The monoisotopic (exact) mass is 172 g/mol. The van der Waals surface area contributed by atoms with Crippen molar-refractivity contribution in [1.82, 2.24) is 10.5 Å². The van der Waals surface area contributed by atoms with Gasteiger partial charge in [-0.05, 0) is 0 Å². The Hall–Kier alpha value is -0.970. The summed E-state index contributed by atoms with van der Waals surface area (Å²) >= 11 is 3.79. The molecule has 0 saturated carbocycles. The van der Waals surface area contributed by atoms with Gasteiger partial charge in [-0.15, -0.1) is 0 Å². The number of carbonyl (C=O) groups excluding carboxylic acids is 1. The smallest absolute Gasteiger partial charge is 0.230 e. The van der Waals surface area contributed by atoms with Crippen LogP contribution >= 0.6 is 12.6 Å². The molecule has 1 rings (SSSR count). The maximum absolute atomic E-state index is 10.7. The third-order valence-corrected chi connectivity index (χ3v) is 1.38. The fourth-order valence-corrected chi connectivity index (χ4v) is 0.687. The number of aromatic nitrogens is 1. The molecule has 1 aromatic rings. The van der Waals surface area contributed by atoms with E-state index in [-0.39, 0.29) is 11.7 Å². The van der Waals surface area contributed by atoms with E-state index in [2.05, 4.69) is 23.1 Å². The van der Waals surface area contributed by atoms with Crippen molar-refractivity contribution in [2.45, 2.75) is 6.54 Å². The van der Waals surface area contributed by atoms with E-state index >= 15 is 0 Å². The Morgan fingerprint density at radius 3 is 3.18 bits per heavy atom. The zero-order chi connectivity index (χ0) is 8.10. The van der Waals surface area contributed by atoms with Gasteiger partial charge in [0.05, 0.1) is 18.5 Å². The van der Waals surface area contributed by atoms with Crippen LogP contribution in [0.2, 0.25) is 0 Å². The molecule has 0 aliphatic rings. The predicted octanol–water partition coefficient (Wildman–Crippen LogP) is 0.221. The Kier molecular flexibility index (Phi) is 2.97. The van der Waals surface area contributed by atoms with Gasteiger partial charge in [0.15, 0.2) is 5.76 Å². The van der Waals surface area contributed by atoms with Crippen LogP contribution in [-0.2, 0) is 11.3 Å². The summed E-state index contributed by atoms with van der Waals surface area (Å²) in [7, 11) is 0. The van der Waals surface area contributed by atoms with Gasteiger partial charge in [-0.1, -0.05) is 5.16 Å². The van der Waals surface area contributed by atoms with E-state index < -0.39 is 0 Å². The number of hydrogen-bond acceptors (Lipinski definition) is 4. The number of thiol groups is 1. The molecule has 1 amide bonds. The average molecular weight is 172 g/mol. The van der Waals surface area contributed by atoms with Crippen LogP contribution in [0.25, 0.3) is 0 Å². The fourth-order valence-electron chi connectivity index (χ4n) is 0.575. The highest BCUT2D eigenvalue weighted by atomic mass is 32.1. The van der Waals surface area contributed by atoms with Crippen molar-refractivity contribution in [3.63, 3.8) is 0 Å². The quantitative estimate of drug-likeness (QED) is 0.641. The van der Waals surface area contributed by atoms with Crippen LogP contribution in [0, 0.1) is 0 Å². The van der Waals surface area contributed by atoms with E-state index in [1.807, 2.05) is 0 Å². The Labute approximate surface area is 69.4 Å². The van der Waals surface area contributed by atoms with Gasteiger partial charge < -0.3 is 9.84 Å². The Morgan fingerprint density at radius 2 is 2.64 bits per heavy atom. The third kappa shape index (κ3) is 2.63. The van der Waals surface area contributed by atoms with Crippen LogP contribution in [0.15, 0.2) is 16.8 Å². The molecule has 11 heavy (non-hydrogen) atoms. The number of amides is 1. The number of nitrogens with one attached hydrogen (secondary N) is 1. The first kappa shape index (κ1) is 8.13. The standard InChI is InChI=1S/C6H8N2O2S/c9-6(4-11)7-3-5-1-2-8-10-5/h1-2,11H,3-4H2,(H,7,9). The molecule has 1 aromatic heterocycles. The maximum atomic E-state index is 10.7. The molecule has 0 fully saturated rings. The molecule has 0 aliphatic carbocycles. The molecule has 0 aromatic carbocycles. The second-order valence-electron chi connectivity index (χ2n) is 1.91. The van der Waals surface area contributed by atoms with Crippen LogP contribution in [0.4, 0.5) is 0 Å². The molecule has 1 heterocycles. The minimum atomic E-state index is -0.121. The highest BCUT2D eigenvalue weighted by Gasteiger charge is 1.99. The summed E-state index contributed by atoms with van der Waals surface area (Å²) in [5.41, 5.74) is 0. The lowest BCUT2D eigenvalue weighted by Crippen LogP contribution is -2.23. The van der Waals surface area contributed by atoms with Crippen molar-refractivity contribution < 1.29 is 9.32 Å². The summed E-state index contributed by atoms with van der Waals surface area (Å²) in [6.07, 6.45) is 1.53. The lowest BCUT2D eigenvalue weighted by Gasteiger charge is -1.97. The topological polar surface area (TPSA) is 55.1 Å². The van der Waals surface area contributed by atoms with Crippen LogP contribution in [0.5, 0.6) is 0 Å². The zero-order valence-electron chi connectivity index (χ0n) is 5.78. The highest BCUT2D eigenvalue weighted by Crippen LogP contribution is 1.94. The van der Waals surface area contributed by atoms with Crippen LogP contribution in [-0.4, -0.2) is 16.8 Å². The molecule has 0 unspecified atom stereocenters. The van der Waals surface area contributed by atoms with E-state index in [1.54, 1.807) is 6.07 Å². The molecule has 0 radical (unpaired) electrons. The normalized spacial score (nSPS) is 9.55. The first-order valence-electron chi connectivity index (χ1n) is 3.10. The minimum absolute atomic E-state index is 0.121. The molecule has 5 heteroatoms. The fraction of sp³-hybridized carbons (Fsp3) is 0.333. The maximum Gasteiger partial charge on any atom is 0.230 e. The van der Waals surface area contributed by atoms with Crippen molar-refractivity contribution in [1.29, 1.82) is 0 Å². The summed E-state index contributed by atoms with van der Waals surface area (Å²) in [5, 5.41) is 6.07. The predicted molar refractivity (Wildman–Crippen MR) is 42.2 cm³/mol. The van der Waals surface area contributed by atoms with E-state index in [0.29, 0.717) is 12.3 Å². The van der Waals surface area contributed by atoms with Gasteiger partial charge in [-0.3, -0.25) is 4.79 Å². The molecule has 0 aliphatic heterocycles. The number of rotatable bonds is 3. The molecule has 60 valence electrons. The van der Waals surface area contributed by atoms with Crippen molar-refractivity contribution in [2.24, 2.45) is 0 Å². The molecule has 4 nitrogen and oxygen atoms in total. The number of carbonyl (C=O) groups is 1. The van der Waals surface area contributed by atoms with Gasteiger partial charge in [0.25, 0.3) is 0 Å². The van der Waals surface area contributed by atoms with Crippen LogP contribution < -0.4 is 5.32 Å². The van der Waals surface area contributed by atoms with E-state index in [4.69, 9.17) is 4.52 Å². The second kappa shape index (κ2) is 4.02. The minimum Gasteiger partial charge on any atom is -0.360 e. The zero-order valence-corrected chi connectivity index (χ0v) is 6.67.